The predicted octanol–water partition coefficient (Wildman–Crippen LogP) is 12.4. The number of aliphatic hydroxyl groups is 4. The van der Waals surface area contributed by atoms with Gasteiger partial charge in [0.25, 0.3) is 0 Å². The number of phosphoric ester groups is 1. The Morgan fingerprint density at radius 3 is 1.33 bits per heavy atom. The summed E-state index contributed by atoms with van der Waals surface area (Å²) in [5, 5.41) is 46.4. The number of hydrogen-bond donors (Lipinski definition) is 6. The summed E-state index contributed by atoms with van der Waals surface area (Å²) in [5.74, 6) is -0.187. The van der Waals surface area contributed by atoms with E-state index in [1.54, 1.807) is 0 Å². The number of unbranched alkanes of at least 4 members (excludes halogenated alkanes) is 34. The fourth-order valence-corrected chi connectivity index (χ4v) is 9.92. The lowest BCUT2D eigenvalue weighted by molar-refractivity contribution is -0.870. The van der Waals surface area contributed by atoms with Crippen LogP contribution in [0.15, 0.2) is 0 Å². The fraction of sp³-hybridized carbons (Fsp3) is 0.982. The molecule has 8 atom stereocenters. The average molecular weight is 1010 g/mol. The standard InChI is InChI=1S/C55H111N2O11P/c1-6-8-10-12-14-16-18-20-22-24-25-27-29-31-33-35-37-39-41-43-51(59)56-48(49(58)42-40-38-36-34-32-30-28-26-23-21-19-17-15-13-11-9-7-2)46-65-55-54(62)53(61)52(60)50(68-55)47-67-69(63,64)66-45-44-57(3,4)5/h48-50,52-55,58,60-62H,6-47H2,1-5H3,(H-,56,59,63,64)/p+1/t48-,49+,50+,52-,53-,54+,55+/m0/s1. The van der Waals surface area contributed by atoms with Gasteiger partial charge in [-0.05, 0) is 12.8 Å². The van der Waals surface area contributed by atoms with E-state index in [0.717, 1.165) is 38.5 Å². The quantitative estimate of drug-likeness (QED) is 0.0194. The first-order valence-electron chi connectivity index (χ1n) is 28.9. The molecule has 0 spiro atoms. The van der Waals surface area contributed by atoms with Crippen LogP contribution in [0.4, 0.5) is 0 Å². The number of hydrogen-bond acceptors (Lipinski definition) is 10. The molecule has 1 saturated heterocycles. The highest BCUT2D eigenvalue weighted by molar-refractivity contribution is 7.47. The number of aliphatic hydroxyl groups excluding tert-OH is 4. The number of carbonyl (C=O) groups excluding carboxylic acids is 1. The summed E-state index contributed by atoms with van der Waals surface area (Å²) in [4.78, 5) is 23.4. The highest BCUT2D eigenvalue weighted by Crippen LogP contribution is 2.44. The summed E-state index contributed by atoms with van der Waals surface area (Å²) in [6, 6.07) is -0.805. The number of nitrogens with one attached hydrogen (secondary N) is 1. The van der Waals surface area contributed by atoms with Gasteiger partial charge in [0.05, 0.1) is 46.5 Å². The number of carbonyl (C=O) groups is 1. The molecule has 6 N–H and O–H groups in total. The van der Waals surface area contributed by atoms with Crippen LogP contribution in [-0.4, -0.2) is 126 Å². The maximum atomic E-state index is 13.2. The van der Waals surface area contributed by atoms with E-state index < -0.39 is 57.3 Å². The maximum Gasteiger partial charge on any atom is 0.472 e. The van der Waals surface area contributed by atoms with E-state index in [-0.39, 0.29) is 19.1 Å². The minimum absolute atomic E-state index is 0.0487. The summed E-state index contributed by atoms with van der Waals surface area (Å²) in [5.41, 5.74) is 0. The molecule has 0 aliphatic carbocycles. The third-order valence-corrected chi connectivity index (χ3v) is 14.9. The van der Waals surface area contributed by atoms with Gasteiger partial charge in [0.2, 0.25) is 5.91 Å². The normalized spacial score (nSPS) is 20.5. The van der Waals surface area contributed by atoms with Crippen molar-refractivity contribution in [2.24, 2.45) is 0 Å². The van der Waals surface area contributed by atoms with Crippen LogP contribution in [0.1, 0.15) is 258 Å². The molecule has 69 heavy (non-hydrogen) atoms. The number of likely N-dealkylation sites (N-methyl/N-ethyl adjacent to an activating group) is 1. The Morgan fingerprint density at radius 2 is 0.942 bits per heavy atom. The lowest BCUT2D eigenvalue weighted by Gasteiger charge is -2.40. The number of quaternary nitrogens is 1. The topological polar surface area (TPSA) is 184 Å². The number of ether oxygens (including phenoxy) is 2. The van der Waals surface area contributed by atoms with Crippen molar-refractivity contribution in [2.45, 2.75) is 301 Å². The van der Waals surface area contributed by atoms with Crippen molar-refractivity contribution in [3.63, 3.8) is 0 Å². The lowest BCUT2D eigenvalue weighted by Crippen LogP contribution is -2.60. The van der Waals surface area contributed by atoms with Crippen molar-refractivity contribution >= 4 is 13.7 Å². The van der Waals surface area contributed by atoms with Gasteiger partial charge < -0.3 is 44.6 Å². The smallest absolute Gasteiger partial charge is 0.391 e. The molecule has 14 heteroatoms. The molecule has 0 saturated carbocycles. The number of phosphoric acid groups is 1. The van der Waals surface area contributed by atoms with Gasteiger partial charge in [0.15, 0.2) is 6.29 Å². The van der Waals surface area contributed by atoms with Crippen molar-refractivity contribution in [3.05, 3.63) is 0 Å². The van der Waals surface area contributed by atoms with Crippen molar-refractivity contribution < 1.29 is 57.7 Å². The van der Waals surface area contributed by atoms with E-state index in [0.29, 0.717) is 23.9 Å². The third-order valence-electron chi connectivity index (χ3n) is 13.9. The largest absolute Gasteiger partial charge is 0.472 e. The summed E-state index contributed by atoms with van der Waals surface area (Å²) in [7, 11) is 1.21. The Labute approximate surface area is 423 Å². The fourth-order valence-electron chi connectivity index (χ4n) is 9.20. The van der Waals surface area contributed by atoms with E-state index in [4.69, 9.17) is 18.5 Å². The van der Waals surface area contributed by atoms with Gasteiger partial charge in [-0.3, -0.25) is 13.8 Å². The molecule has 0 aromatic carbocycles. The first kappa shape index (κ1) is 66.3. The Bertz CT molecular complexity index is 1210. The van der Waals surface area contributed by atoms with E-state index in [2.05, 4.69) is 19.2 Å². The third kappa shape index (κ3) is 38.5. The second-order valence-corrected chi connectivity index (χ2v) is 23.2. The van der Waals surface area contributed by atoms with Crippen molar-refractivity contribution in [3.8, 4) is 0 Å². The van der Waals surface area contributed by atoms with Crippen LogP contribution in [0.5, 0.6) is 0 Å². The van der Waals surface area contributed by atoms with Crippen molar-refractivity contribution in [2.75, 3.05) is 47.5 Å². The van der Waals surface area contributed by atoms with Crippen molar-refractivity contribution in [1.29, 1.82) is 0 Å². The summed E-state index contributed by atoms with van der Waals surface area (Å²) >= 11 is 0. The van der Waals surface area contributed by atoms with Gasteiger partial charge in [-0.2, -0.15) is 0 Å². The van der Waals surface area contributed by atoms with Crippen LogP contribution >= 0.6 is 7.82 Å². The molecule has 0 aromatic heterocycles. The lowest BCUT2D eigenvalue weighted by atomic mass is 9.99. The van der Waals surface area contributed by atoms with Gasteiger partial charge in [-0.1, -0.05) is 239 Å². The Kier molecular flexibility index (Phi) is 42.0. The maximum absolute atomic E-state index is 13.2. The van der Waals surface area contributed by atoms with E-state index in [1.807, 2.05) is 21.1 Å². The van der Waals surface area contributed by atoms with Gasteiger partial charge in [-0.25, -0.2) is 4.57 Å². The average Bonchev–Trinajstić information content (AvgIpc) is 3.30. The van der Waals surface area contributed by atoms with Crippen LogP contribution in [0.25, 0.3) is 0 Å². The van der Waals surface area contributed by atoms with Crippen LogP contribution in [0.2, 0.25) is 0 Å². The molecular weight excluding hydrogens is 896 g/mol. The van der Waals surface area contributed by atoms with E-state index >= 15 is 0 Å². The molecule has 0 bridgehead atoms. The van der Waals surface area contributed by atoms with Crippen LogP contribution in [0, 0.1) is 0 Å². The highest BCUT2D eigenvalue weighted by Gasteiger charge is 2.45. The monoisotopic (exact) mass is 1010 g/mol. The molecule has 1 unspecified atom stereocenters. The first-order chi connectivity index (χ1) is 33.2. The molecule has 1 rings (SSSR count). The zero-order valence-electron chi connectivity index (χ0n) is 45.3. The van der Waals surface area contributed by atoms with Crippen LogP contribution in [-0.2, 0) is 27.9 Å². The Balaban J connectivity index is 2.51. The molecule has 1 amide bonds. The zero-order chi connectivity index (χ0) is 50.9. The van der Waals surface area contributed by atoms with Crippen LogP contribution in [0.3, 0.4) is 0 Å². The minimum Gasteiger partial charge on any atom is -0.391 e. The molecule has 412 valence electrons. The number of amides is 1. The summed E-state index contributed by atoms with van der Waals surface area (Å²) < 4.78 is 34.8. The Morgan fingerprint density at radius 1 is 0.565 bits per heavy atom. The van der Waals surface area contributed by atoms with Gasteiger partial charge >= 0.3 is 7.82 Å². The number of rotatable bonds is 50. The molecule has 0 aromatic rings. The Hall–Kier alpha value is -0.700. The molecule has 13 nitrogen and oxygen atoms in total. The van der Waals surface area contributed by atoms with Gasteiger partial charge in [0.1, 0.15) is 37.6 Å². The predicted molar refractivity (Wildman–Crippen MR) is 282 cm³/mol. The highest BCUT2D eigenvalue weighted by atomic mass is 31.2. The molecule has 1 aliphatic rings. The van der Waals surface area contributed by atoms with Crippen molar-refractivity contribution in [1.82, 2.24) is 5.32 Å². The molecular formula is C55H112N2O11P+. The first-order valence-corrected chi connectivity index (χ1v) is 30.4. The van der Waals surface area contributed by atoms with Gasteiger partial charge in [0, 0.05) is 6.42 Å². The van der Waals surface area contributed by atoms with Gasteiger partial charge in [-0.15, -0.1) is 0 Å². The summed E-state index contributed by atoms with van der Waals surface area (Å²) in [6.45, 7) is 4.09. The molecule has 0 radical (unpaired) electrons. The second-order valence-electron chi connectivity index (χ2n) is 21.8. The molecule has 1 aliphatic heterocycles. The SMILES string of the molecule is CCCCCCCCCCCCCCCCCCCCCC(=O)N[C@@H](CO[C@@H]1O[C@H](COP(=O)(O)OCC[N+](C)(C)C)[C@H](O)[C@H](O)[C@H]1O)[C@H](O)CCCCCCCCCCCCCCCCCCC. The second kappa shape index (κ2) is 43.7. The number of nitrogens with zero attached hydrogens (tertiary/aromatic N) is 1. The van der Waals surface area contributed by atoms with E-state index in [9.17, 15) is 34.7 Å². The van der Waals surface area contributed by atoms with E-state index in [1.165, 1.54) is 193 Å². The molecule has 1 heterocycles. The molecule has 1 fully saturated rings. The zero-order valence-corrected chi connectivity index (χ0v) is 46.2. The minimum atomic E-state index is -4.52. The summed E-state index contributed by atoms with van der Waals surface area (Å²) in [6.07, 6.45) is 37.8. The van der Waals surface area contributed by atoms with Crippen LogP contribution < -0.4 is 5.32 Å².